The summed E-state index contributed by atoms with van der Waals surface area (Å²) in [7, 11) is 3.92. The number of likely N-dealkylation sites (N-methyl/N-ethyl adjacent to an activating group) is 1. The van der Waals surface area contributed by atoms with Crippen LogP contribution < -0.4 is 10.2 Å². The summed E-state index contributed by atoms with van der Waals surface area (Å²) >= 11 is 0. The summed E-state index contributed by atoms with van der Waals surface area (Å²) in [6.45, 7) is 2.04. The van der Waals surface area contributed by atoms with E-state index >= 15 is 0 Å². The molecule has 1 amide bonds. The smallest absolute Gasteiger partial charge is 0.293 e. The second-order valence-corrected chi connectivity index (χ2v) is 7.61. The molecular weight excluding hydrogens is 368 g/mol. The number of carbonyl (C=O) groups is 1. The number of hydrogen-bond donors (Lipinski definition) is 1. The molecular formula is C22H28N4O3. The first kappa shape index (κ1) is 20.8. The zero-order chi connectivity index (χ0) is 20.8. The summed E-state index contributed by atoms with van der Waals surface area (Å²) in [5.74, 6) is -0.305. The molecule has 0 radical (unpaired) electrons. The van der Waals surface area contributed by atoms with Gasteiger partial charge >= 0.3 is 0 Å². The lowest BCUT2D eigenvalue weighted by atomic mass is 10.1. The number of nitro benzene ring substituents is 1. The first-order valence-electron chi connectivity index (χ1n) is 10.0. The molecule has 1 aliphatic heterocycles. The molecule has 29 heavy (non-hydrogen) atoms. The average Bonchev–Trinajstić information content (AvgIpc) is 2.74. The molecule has 1 aliphatic rings. The highest BCUT2D eigenvalue weighted by Gasteiger charge is 2.23. The fourth-order valence-electron chi connectivity index (χ4n) is 3.78. The zero-order valence-corrected chi connectivity index (χ0v) is 17.0. The number of amides is 1. The SMILES string of the molecule is CN(C)[C@H](CNC(=O)c1ccc(N2CCCCC2)c([N+](=O)[O-])c1)c1ccccc1. The quantitative estimate of drug-likeness (QED) is 0.571. The maximum atomic E-state index is 12.7. The molecule has 0 saturated carbocycles. The highest BCUT2D eigenvalue weighted by atomic mass is 16.6. The van der Waals surface area contributed by atoms with Crippen molar-refractivity contribution in [3.05, 3.63) is 69.8 Å². The lowest BCUT2D eigenvalue weighted by molar-refractivity contribution is -0.384. The lowest BCUT2D eigenvalue weighted by Gasteiger charge is -2.28. The molecule has 7 heteroatoms. The van der Waals surface area contributed by atoms with Crippen molar-refractivity contribution in [2.24, 2.45) is 0 Å². The third-order valence-electron chi connectivity index (χ3n) is 5.39. The van der Waals surface area contributed by atoms with E-state index in [4.69, 9.17) is 0 Å². The summed E-state index contributed by atoms with van der Waals surface area (Å²) in [4.78, 5) is 28.0. The summed E-state index contributed by atoms with van der Waals surface area (Å²) in [6.07, 6.45) is 3.22. The molecule has 1 saturated heterocycles. The van der Waals surface area contributed by atoms with Gasteiger partial charge in [0.25, 0.3) is 11.6 Å². The Bertz CT molecular complexity index is 848. The van der Waals surface area contributed by atoms with Gasteiger partial charge in [0, 0.05) is 31.3 Å². The van der Waals surface area contributed by atoms with Crippen molar-refractivity contribution in [3.63, 3.8) is 0 Å². The van der Waals surface area contributed by atoms with Crippen molar-refractivity contribution in [3.8, 4) is 0 Å². The molecule has 2 aromatic rings. The van der Waals surface area contributed by atoms with Gasteiger partial charge in [0.05, 0.1) is 11.0 Å². The van der Waals surface area contributed by atoms with Crippen LogP contribution >= 0.6 is 0 Å². The number of nitrogens with zero attached hydrogens (tertiary/aromatic N) is 3. The van der Waals surface area contributed by atoms with E-state index in [1.54, 1.807) is 12.1 Å². The maximum Gasteiger partial charge on any atom is 0.293 e. The predicted molar refractivity (Wildman–Crippen MR) is 114 cm³/mol. The van der Waals surface area contributed by atoms with Gasteiger partial charge in [-0.2, -0.15) is 0 Å². The fourth-order valence-corrected chi connectivity index (χ4v) is 3.78. The normalized spacial score (nSPS) is 15.2. The lowest BCUT2D eigenvalue weighted by Crippen LogP contribution is -2.34. The van der Waals surface area contributed by atoms with E-state index in [1.165, 1.54) is 6.07 Å². The standard InChI is InChI=1S/C22H28N4O3/c1-24(2)21(17-9-5-3-6-10-17)16-23-22(27)18-11-12-19(20(15-18)26(28)29)25-13-7-4-8-14-25/h3,5-6,9-12,15,21H,4,7-8,13-14,16H2,1-2H3,(H,23,27)/t21-/m1/s1. The van der Waals surface area contributed by atoms with Gasteiger partial charge in [0.2, 0.25) is 0 Å². The van der Waals surface area contributed by atoms with Crippen molar-refractivity contribution >= 4 is 17.3 Å². The van der Waals surface area contributed by atoms with Crippen LogP contribution in [0, 0.1) is 10.1 Å². The molecule has 1 N–H and O–H groups in total. The molecule has 0 spiro atoms. The van der Waals surface area contributed by atoms with E-state index < -0.39 is 4.92 Å². The van der Waals surface area contributed by atoms with E-state index in [0.29, 0.717) is 17.8 Å². The number of nitrogens with one attached hydrogen (secondary N) is 1. The largest absolute Gasteiger partial charge is 0.366 e. The monoisotopic (exact) mass is 396 g/mol. The van der Waals surface area contributed by atoms with Crippen molar-refractivity contribution in [1.82, 2.24) is 10.2 Å². The van der Waals surface area contributed by atoms with E-state index in [2.05, 4.69) is 5.32 Å². The van der Waals surface area contributed by atoms with Gasteiger partial charge in [0.1, 0.15) is 5.69 Å². The van der Waals surface area contributed by atoms with Crippen LogP contribution in [0.2, 0.25) is 0 Å². The molecule has 1 fully saturated rings. The Morgan fingerprint density at radius 1 is 1.14 bits per heavy atom. The molecule has 0 unspecified atom stereocenters. The van der Waals surface area contributed by atoms with E-state index in [1.807, 2.05) is 54.2 Å². The van der Waals surface area contributed by atoms with Crippen LogP contribution in [0.25, 0.3) is 0 Å². The number of hydrogen-bond acceptors (Lipinski definition) is 5. The molecule has 154 valence electrons. The molecule has 0 bridgehead atoms. The molecule has 0 aliphatic carbocycles. The van der Waals surface area contributed by atoms with Crippen molar-refractivity contribution in [1.29, 1.82) is 0 Å². The van der Waals surface area contributed by atoms with Crippen molar-refractivity contribution in [2.45, 2.75) is 25.3 Å². The Hall–Kier alpha value is -2.93. The van der Waals surface area contributed by atoms with Crippen LogP contribution in [-0.4, -0.2) is 49.5 Å². The van der Waals surface area contributed by atoms with Crippen LogP contribution in [0.5, 0.6) is 0 Å². The fraction of sp³-hybridized carbons (Fsp3) is 0.409. The number of piperidine rings is 1. The summed E-state index contributed by atoms with van der Waals surface area (Å²) in [6, 6.07) is 14.7. The Labute approximate surface area is 171 Å². The first-order valence-corrected chi connectivity index (χ1v) is 10.0. The van der Waals surface area contributed by atoms with Gasteiger partial charge in [-0.05, 0) is 51.1 Å². The molecule has 7 nitrogen and oxygen atoms in total. The molecule has 1 heterocycles. The van der Waals surface area contributed by atoms with Crippen molar-refractivity contribution in [2.75, 3.05) is 38.6 Å². The Morgan fingerprint density at radius 3 is 2.45 bits per heavy atom. The topological polar surface area (TPSA) is 78.7 Å². The minimum absolute atomic E-state index is 0.00762. The number of rotatable bonds is 7. The highest BCUT2D eigenvalue weighted by Crippen LogP contribution is 2.31. The second kappa shape index (κ2) is 9.52. The van der Waals surface area contributed by atoms with Crippen LogP contribution in [-0.2, 0) is 0 Å². The third-order valence-corrected chi connectivity index (χ3v) is 5.39. The van der Waals surface area contributed by atoms with Crippen molar-refractivity contribution < 1.29 is 9.72 Å². The van der Waals surface area contributed by atoms with E-state index in [0.717, 1.165) is 37.9 Å². The number of benzene rings is 2. The molecule has 0 aromatic heterocycles. The van der Waals surface area contributed by atoms with Crippen LogP contribution in [0.3, 0.4) is 0 Å². The second-order valence-electron chi connectivity index (χ2n) is 7.61. The van der Waals surface area contributed by atoms with Crippen LogP contribution in [0.1, 0.15) is 41.2 Å². The minimum Gasteiger partial charge on any atom is -0.366 e. The zero-order valence-electron chi connectivity index (χ0n) is 17.0. The van der Waals surface area contributed by atoms with Crippen LogP contribution in [0.15, 0.2) is 48.5 Å². The molecule has 2 aromatic carbocycles. The minimum atomic E-state index is -0.396. The Morgan fingerprint density at radius 2 is 1.83 bits per heavy atom. The Kier molecular flexibility index (Phi) is 6.82. The number of carbonyl (C=O) groups excluding carboxylic acids is 1. The molecule has 3 rings (SSSR count). The predicted octanol–water partition coefficient (Wildman–Crippen LogP) is 3.62. The van der Waals surface area contributed by atoms with E-state index in [-0.39, 0.29) is 17.6 Å². The summed E-state index contributed by atoms with van der Waals surface area (Å²) in [5, 5.41) is 14.5. The Balaban J connectivity index is 1.74. The van der Waals surface area contributed by atoms with Gasteiger partial charge in [0.15, 0.2) is 0 Å². The summed E-state index contributed by atoms with van der Waals surface area (Å²) in [5.41, 5.74) is 2.00. The van der Waals surface area contributed by atoms with Gasteiger partial charge < -0.3 is 15.1 Å². The first-order chi connectivity index (χ1) is 14.0. The van der Waals surface area contributed by atoms with Crippen LogP contribution in [0.4, 0.5) is 11.4 Å². The summed E-state index contributed by atoms with van der Waals surface area (Å²) < 4.78 is 0. The molecule has 1 atom stereocenters. The number of anilines is 1. The highest BCUT2D eigenvalue weighted by molar-refractivity contribution is 5.95. The van der Waals surface area contributed by atoms with Gasteiger partial charge in [-0.3, -0.25) is 14.9 Å². The van der Waals surface area contributed by atoms with Gasteiger partial charge in [-0.15, -0.1) is 0 Å². The van der Waals surface area contributed by atoms with Gasteiger partial charge in [-0.1, -0.05) is 30.3 Å². The average molecular weight is 396 g/mol. The van der Waals surface area contributed by atoms with Gasteiger partial charge in [-0.25, -0.2) is 0 Å². The van der Waals surface area contributed by atoms with E-state index in [9.17, 15) is 14.9 Å². The number of nitro groups is 1. The maximum absolute atomic E-state index is 12.7. The third kappa shape index (κ3) is 5.12.